The maximum Gasteiger partial charge on any atom is 0.184 e. The van der Waals surface area contributed by atoms with Gasteiger partial charge in [0.05, 0.1) is 6.10 Å². The van der Waals surface area contributed by atoms with Crippen molar-refractivity contribution in [3.8, 4) is 23.8 Å². The van der Waals surface area contributed by atoms with E-state index in [1.807, 2.05) is 0 Å². The quantitative estimate of drug-likeness (QED) is 0.234. The van der Waals surface area contributed by atoms with Crippen molar-refractivity contribution in [2.75, 3.05) is 0 Å². The highest BCUT2D eigenvalue weighted by Gasteiger charge is 2.45. The van der Waals surface area contributed by atoms with Crippen LogP contribution in [0.2, 0.25) is 39.3 Å². The van der Waals surface area contributed by atoms with Crippen LogP contribution in [0.25, 0.3) is 0 Å². The Morgan fingerprint density at radius 2 is 1.92 bits per heavy atom. The molecular formula is C21H36OSi2. The molecule has 0 saturated heterocycles. The van der Waals surface area contributed by atoms with E-state index in [0.29, 0.717) is 0 Å². The summed E-state index contributed by atoms with van der Waals surface area (Å²) in [5.74, 6) is 6.28. The van der Waals surface area contributed by atoms with E-state index in [4.69, 9.17) is 10.8 Å². The Balaban J connectivity index is 3.08. The van der Waals surface area contributed by atoms with E-state index in [-0.39, 0.29) is 11.5 Å². The minimum atomic E-state index is -1.65. The fourth-order valence-electron chi connectivity index (χ4n) is 3.59. The molecule has 2 atom stereocenters. The second-order valence-corrected chi connectivity index (χ2v) is 18.4. The zero-order valence-electron chi connectivity index (χ0n) is 16.7. The molecule has 3 heteroatoms. The van der Waals surface area contributed by atoms with Crippen LogP contribution in [0, 0.1) is 29.2 Å². The van der Waals surface area contributed by atoms with Gasteiger partial charge >= 0.3 is 0 Å². The van der Waals surface area contributed by atoms with Crippen LogP contribution in [0.15, 0.2) is 12.2 Å². The first-order valence-electron chi connectivity index (χ1n) is 9.30. The maximum absolute atomic E-state index is 6.68. The lowest BCUT2D eigenvalue weighted by Crippen LogP contribution is -2.43. The smallest absolute Gasteiger partial charge is 0.184 e. The van der Waals surface area contributed by atoms with Crippen molar-refractivity contribution in [2.24, 2.45) is 5.41 Å². The monoisotopic (exact) mass is 360 g/mol. The lowest BCUT2D eigenvalue weighted by molar-refractivity contribution is 0.0665. The normalized spacial score (nSPS) is 22.6. The van der Waals surface area contributed by atoms with Gasteiger partial charge in [-0.3, -0.25) is 0 Å². The highest BCUT2D eigenvalue weighted by Crippen LogP contribution is 2.50. The zero-order valence-corrected chi connectivity index (χ0v) is 18.7. The lowest BCUT2D eigenvalue weighted by atomic mass is 9.72. The second kappa shape index (κ2) is 8.57. The highest BCUT2D eigenvalue weighted by atomic mass is 28.4. The molecule has 1 saturated carbocycles. The van der Waals surface area contributed by atoms with Gasteiger partial charge in [0, 0.05) is 18.3 Å². The molecule has 0 aromatic rings. The first-order valence-corrected chi connectivity index (χ1v) is 16.2. The third-order valence-corrected chi connectivity index (χ3v) is 6.53. The Labute approximate surface area is 152 Å². The molecule has 1 rings (SSSR count). The predicted octanol–water partition coefficient (Wildman–Crippen LogP) is 6.01. The molecule has 134 valence electrons. The summed E-state index contributed by atoms with van der Waals surface area (Å²) in [6.45, 7) is 18.2. The van der Waals surface area contributed by atoms with Gasteiger partial charge in [0.1, 0.15) is 8.07 Å². The molecule has 2 unspecified atom stereocenters. The van der Waals surface area contributed by atoms with Crippen LogP contribution in [0.3, 0.4) is 0 Å². The van der Waals surface area contributed by atoms with Crippen molar-refractivity contribution < 1.29 is 4.43 Å². The summed E-state index contributed by atoms with van der Waals surface area (Å²) >= 11 is 0. The van der Waals surface area contributed by atoms with Gasteiger partial charge in [0.2, 0.25) is 0 Å². The van der Waals surface area contributed by atoms with Gasteiger partial charge in [-0.1, -0.05) is 31.8 Å². The summed E-state index contributed by atoms with van der Waals surface area (Å²) in [4.78, 5) is 0. The molecule has 0 N–H and O–H groups in total. The molecule has 0 heterocycles. The van der Waals surface area contributed by atoms with Crippen LogP contribution < -0.4 is 0 Å². The van der Waals surface area contributed by atoms with E-state index in [0.717, 1.165) is 32.1 Å². The molecule has 1 nitrogen and oxygen atoms in total. The average molecular weight is 361 g/mol. The first kappa shape index (κ1) is 21.3. The molecule has 0 aliphatic heterocycles. The van der Waals surface area contributed by atoms with Gasteiger partial charge in [-0.05, 0) is 51.7 Å². The molecule has 1 aliphatic carbocycles. The summed E-state index contributed by atoms with van der Waals surface area (Å²) in [6.07, 6.45) is 13.0. The standard InChI is InChI=1S/C21H36OSi2/c1-9-10-11-16-21(17-12-14-19(21)2)20(22-24(6,7)8)15-13-18-23(3,4)5/h1,20H,2,10-12,14-17H2,3-8H3. The summed E-state index contributed by atoms with van der Waals surface area (Å²) in [6, 6.07) is 0. The molecule has 0 amide bonds. The molecule has 1 fully saturated rings. The topological polar surface area (TPSA) is 9.23 Å². The third kappa shape index (κ3) is 6.63. The van der Waals surface area contributed by atoms with E-state index < -0.39 is 16.4 Å². The first-order chi connectivity index (χ1) is 11.0. The molecule has 1 aliphatic rings. The van der Waals surface area contributed by atoms with Crippen LogP contribution in [-0.4, -0.2) is 22.5 Å². The summed E-state index contributed by atoms with van der Waals surface area (Å²) < 4.78 is 6.68. The Kier molecular flexibility index (Phi) is 7.60. The predicted molar refractivity (Wildman–Crippen MR) is 112 cm³/mol. The number of hydrogen-bond acceptors (Lipinski definition) is 1. The van der Waals surface area contributed by atoms with Crippen LogP contribution in [-0.2, 0) is 4.43 Å². The lowest BCUT2D eigenvalue weighted by Gasteiger charge is -2.41. The fourth-order valence-corrected chi connectivity index (χ4v) is 5.38. The minimum absolute atomic E-state index is 0.0885. The van der Waals surface area contributed by atoms with Crippen molar-refractivity contribution in [2.45, 2.75) is 90.3 Å². The molecule has 0 bridgehead atoms. The number of rotatable bonds is 7. The van der Waals surface area contributed by atoms with Crippen molar-refractivity contribution in [3.05, 3.63) is 12.2 Å². The fraction of sp³-hybridized carbons (Fsp3) is 0.714. The largest absolute Gasteiger partial charge is 0.413 e. The van der Waals surface area contributed by atoms with E-state index >= 15 is 0 Å². The van der Waals surface area contributed by atoms with Gasteiger partial charge < -0.3 is 4.43 Å². The summed E-state index contributed by atoms with van der Waals surface area (Å²) in [5, 5.41) is 0. The number of unbranched alkanes of at least 4 members (excludes halogenated alkanes) is 1. The Morgan fingerprint density at radius 1 is 1.25 bits per heavy atom. The summed E-state index contributed by atoms with van der Waals surface area (Å²) in [5.41, 5.74) is 4.98. The van der Waals surface area contributed by atoms with Crippen molar-refractivity contribution in [1.29, 1.82) is 0 Å². The number of hydrogen-bond donors (Lipinski definition) is 0. The van der Waals surface area contributed by atoms with Crippen LogP contribution >= 0.6 is 0 Å². The Morgan fingerprint density at radius 3 is 2.38 bits per heavy atom. The van der Waals surface area contributed by atoms with E-state index in [1.54, 1.807) is 0 Å². The van der Waals surface area contributed by atoms with Crippen molar-refractivity contribution in [1.82, 2.24) is 0 Å². The van der Waals surface area contributed by atoms with Gasteiger partial charge in [0.15, 0.2) is 8.32 Å². The van der Waals surface area contributed by atoms with Crippen molar-refractivity contribution >= 4 is 16.4 Å². The second-order valence-electron chi connectivity index (χ2n) is 9.15. The van der Waals surface area contributed by atoms with Crippen molar-refractivity contribution in [3.63, 3.8) is 0 Å². The third-order valence-electron chi connectivity index (χ3n) is 4.61. The Hall–Kier alpha value is -0.746. The minimum Gasteiger partial charge on any atom is -0.413 e. The molecule has 0 spiro atoms. The maximum atomic E-state index is 6.68. The zero-order chi connectivity index (χ0) is 18.4. The van der Waals surface area contributed by atoms with Crippen LogP contribution in [0.4, 0.5) is 0 Å². The van der Waals surface area contributed by atoms with Crippen LogP contribution in [0.1, 0.15) is 44.9 Å². The van der Waals surface area contributed by atoms with E-state index in [9.17, 15) is 0 Å². The van der Waals surface area contributed by atoms with E-state index in [1.165, 1.54) is 18.4 Å². The van der Waals surface area contributed by atoms with Gasteiger partial charge in [-0.2, -0.15) is 0 Å². The average Bonchev–Trinajstić information content (AvgIpc) is 2.78. The SMILES string of the molecule is C#CCCCC1(C(CC#C[Si](C)(C)C)O[Si](C)(C)C)CCCC1=C. The molecule has 24 heavy (non-hydrogen) atoms. The van der Waals surface area contributed by atoms with E-state index in [2.05, 4.69) is 63.2 Å². The molecule has 0 aromatic heterocycles. The molecular weight excluding hydrogens is 324 g/mol. The van der Waals surface area contributed by atoms with Gasteiger partial charge in [0.25, 0.3) is 0 Å². The number of terminal acetylenes is 1. The Bertz CT molecular complexity index is 533. The van der Waals surface area contributed by atoms with Gasteiger partial charge in [-0.15, -0.1) is 23.8 Å². The molecule has 0 aromatic carbocycles. The highest BCUT2D eigenvalue weighted by molar-refractivity contribution is 6.83. The summed E-state index contributed by atoms with van der Waals surface area (Å²) in [7, 11) is -2.99. The molecule has 0 radical (unpaired) electrons. The van der Waals surface area contributed by atoms with Crippen LogP contribution in [0.5, 0.6) is 0 Å². The van der Waals surface area contributed by atoms with Gasteiger partial charge in [-0.25, -0.2) is 0 Å².